The van der Waals surface area contributed by atoms with Gasteiger partial charge in [0.15, 0.2) is 5.75 Å². The van der Waals surface area contributed by atoms with Gasteiger partial charge in [-0.25, -0.2) is 0 Å². The first-order valence-electron chi connectivity index (χ1n) is 9.24. The highest BCUT2D eigenvalue weighted by molar-refractivity contribution is 6.10. The second-order valence-corrected chi connectivity index (χ2v) is 6.67. The number of anilines is 2. The van der Waals surface area contributed by atoms with E-state index in [1.807, 2.05) is 6.07 Å². The van der Waals surface area contributed by atoms with E-state index in [9.17, 15) is 9.59 Å². The van der Waals surface area contributed by atoms with Crippen molar-refractivity contribution in [2.24, 2.45) is 0 Å². The standard InChI is InChI=1S/C23H20N2O5/c1-25-18-12-14(24-22(26)16-10-9-15(28-2)13-21(16)29-3)8-11-20(18)30-19-7-5-4-6-17(19)23(25)27/h4-13H,1-3H3,(H,24,26). The van der Waals surface area contributed by atoms with E-state index in [2.05, 4.69) is 5.32 Å². The molecule has 7 heteroatoms. The van der Waals surface area contributed by atoms with Gasteiger partial charge in [-0.15, -0.1) is 0 Å². The van der Waals surface area contributed by atoms with Crippen molar-refractivity contribution in [2.45, 2.75) is 0 Å². The van der Waals surface area contributed by atoms with Gasteiger partial charge >= 0.3 is 0 Å². The smallest absolute Gasteiger partial charge is 0.261 e. The van der Waals surface area contributed by atoms with E-state index in [0.717, 1.165) is 0 Å². The van der Waals surface area contributed by atoms with Crippen molar-refractivity contribution in [2.75, 3.05) is 31.5 Å². The fourth-order valence-corrected chi connectivity index (χ4v) is 3.27. The van der Waals surface area contributed by atoms with Gasteiger partial charge in [0.05, 0.1) is 31.0 Å². The first kappa shape index (κ1) is 19.3. The molecule has 3 aromatic carbocycles. The lowest BCUT2D eigenvalue weighted by atomic mass is 10.1. The van der Waals surface area contributed by atoms with E-state index in [1.165, 1.54) is 12.0 Å². The Bertz CT molecular complexity index is 1140. The molecule has 0 unspecified atom stereocenters. The lowest BCUT2D eigenvalue weighted by molar-refractivity contribution is 0.0991. The topological polar surface area (TPSA) is 77.1 Å². The van der Waals surface area contributed by atoms with Gasteiger partial charge in [-0.05, 0) is 42.5 Å². The van der Waals surface area contributed by atoms with E-state index >= 15 is 0 Å². The average molecular weight is 404 g/mol. The molecule has 2 amide bonds. The molecular formula is C23H20N2O5. The van der Waals surface area contributed by atoms with Crippen molar-refractivity contribution >= 4 is 23.2 Å². The molecule has 0 radical (unpaired) electrons. The van der Waals surface area contributed by atoms with Gasteiger partial charge in [-0.3, -0.25) is 9.59 Å². The maximum absolute atomic E-state index is 12.8. The molecule has 30 heavy (non-hydrogen) atoms. The Morgan fingerprint density at radius 2 is 1.77 bits per heavy atom. The van der Waals surface area contributed by atoms with Gasteiger partial charge < -0.3 is 24.4 Å². The number of rotatable bonds is 4. The van der Waals surface area contributed by atoms with Crippen molar-refractivity contribution in [1.29, 1.82) is 0 Å². The van der Waals surface area contributed by atoms with Crippen molar-refractivity contribution in [1.82, 2.24) is 0 Å². The zero-order chi connectivity index (χ0) is 21.3. The first-order valence-corrected chi connectivity index (χ1v) is 9.24. The third kappa shape index (κ3) is 3.41. The third-order valence-corrected chi connectivity index (χ3v) is 4.87. The lowest BCUT2D eigenvalue weighted by Gasteiger charge is -2.18. The Kier molecular flexibility index (Phi) is 5.02. The zero-order valence-corrected chi connectivity index (χ0v) is 16.8. The number of ether oxygens (including phenoxy) is 3. The maximum Gasteiger partial charge on any atom is 0.261 e. The minimum atomic E-state index is -0.346. The van der Waals surface area contributed by atoms with Crippen molar-refractivity contribution in [3.05, 3.63) is 71.8 Å². The second kappa shape index (κ2) is 7.79. The fourth-order valence-electron chi connectivity index (χ4n) is 3.27. The van der Waals surface area contributed by atoms with Gasteiger partial charge in [-0.1, -0.05) is 12.1 Å². The van der Waals surface area contributed by atoms with Crippen LogP contribution in [-0.2, 0) is 0 Å². The minimum absolute atomic E-state index is 0.190. The summed E-state index contributed by atoms with van der Waals surface area (Å²) in [5, 5.41) is 2.84. The summed E-state index contributed by atoms with van der Waals surface area (Å²) < 4.78 is 16.4. The van der Waals surface area contributed by atoms with E-state index in [1.54, 1.807) is 68.8 Å². The summed E-state index contributed by atoms with van der Waals surface area (Å²) >= 11 is 0. The summed E-state index contributed by atoms with van der Waals surface area (Å²) in [6.45, 7) is 0. The van der Waals surface area contributed by atoms with Gasteiger partial charge in [-0.2, -0.15) is 0 Å². The molecule has 0 spiro atoms. The molecule has 0 aromatic heterocycles. The van der Waals surface area contributed by atoms with Crippen molar-refractivity contribution in [3.8, 4) is 23.0 Å². The molecule has 0 fully saturated rings. The summed E-state index contributed by atoms with van der Waals surface area (Å²) in [5.74, 6) is 1.47. The van der Waals surface area contributed by atoms with Crippen LogP contribution in [0, 0.1) is 0 Å². The fraction of sp³-hybridized carbons (Fsp3) is 0.130. The highest BCUT2D eigenvalue weighted by Gasteiger charge is 2.26. The molecule has 0 saturated heterocycles. The van der Waals surface area contributed by atoms with Crippen molar-refractivity contribution < 1.29 is 23.8 Å². The quantitative estimate of drug-likeness (QED) is 0.700. The summed E-state index contributed by atoms with van der Waals surface area (Å²) in [6.07, 6.45) is 0. The molecular weight excluding hydrogens is 384 g/mol. The molecule has 152 valence electrons. The average Bonchev–Trinajstić information content (AvgIpc) is 2.88. The van der Waals surface area contributed by atoms with Crippen LogP contribution in [0.2, 0.25) is 0 Å². The number of amides is 2. The third-order valence-electron chi connectivity index (χ3n) is 4.87. The summed E-state index contributed by atoms with van der Waals surface area (Å²) in [4.78, 5) is 27.1. The monoisotopic (exact) mass is 404 g/mol. The Hall–Kier alpha value is -4.00. The number of methoxy groups -OCH3 is 2. The van der Waals surface area contributed by atoms with Crippen LogP contribution < -0.4 is 24.4 Å². The summed E-state index contributed by atoms with van der Waals surface area (Å²) in [5.41, 5.74) is 1.91. The number of hydrogen-bond donors (Lipinski definition) is 1. The van der Waals surface area contributed by atoms with Gasteiger partial charge in [0.1, 0.15) is 17.2 Å². The molecule has 0 atom stereocenters. The molecule has 0 aliphatic carbocycles. The van der Waals surface area contributed by atoms with Crippen LogP contribution in [0.4, 0.5) is 11.4 Å². The molecule has 7 nitrogen and oxygen atoms in total. The van der Waals surface area contributed by atoms with Crippen LogP contribution in [0.25, 0.3) is 0 Å². The van der Waals surface area contributed by atoms with E-state index in [-0.39, 0.29) is 11.8 Å². The Balaban J connectivity index is 1.64. The number of para-hydroxylation sites is 1. The van der Waals surface area contributed by atoms with Crippen LogP contribution >= 0.6 is 0 Å². The number of nitrogens with one attached hydrogen (secondary N) is 1. The SMILES string of the molecule is COc1ccc(C(=O)Nc2ccc3c(c2)N(C)C(=O)c2ccccc2O3)c(OC)c1. The predicted octanol–water partition coefficient (Wildman–Crippen LogP) is 4.34. The molecule has 0 saturated carbocycles. The second-order valence-electron chi connectivity index (χ2n) is 6.67. The summed E-state index contributed by atoms with van der Waals surface area (Å²) in [6, 6.07) is 17.2. The Morgan fingerprint density at radius 1 is 0.967 bits per heavy atom. The largest absolute Gasteiger partial charge is 0.497 e. The summed E-state index contributed by atoms with van der Waals surface area (Å²) in [7, 11) is 4.70. The highest BCUT2D eigenvalue weighted by Crippen LogP contribution is 2.39. The lowest BCUT2D eigenvalue weighted by Crippen LogP contribution is -2.25. The number of carbonyl (C=O) groups excluding carboxylic acids is 2. The molecule has 1 heterocycles. The number of fused-ring (bicyclic) bond motifs is 2. The Labute approximate surface area is 173 Å². The van der Waals surface area contributed by atoms with Gasteiger partial charge in [0.2, 0.25) is 0 Å². The van der Waals surface area contributed by atoms with E-state index < -0.39 is 0 Å². The number of nitrogens with zero attached hydrogens (tertiary/aromatic N) is 1. The van der Waals surface area contributed by atoms with Crippen LogP contribution in [-0.4, -0.2) is 33.1 Å². The highest BCUT2D eigenvalue weighted by atomic mass is 16.5. The first-order chi connectivity index (χ1) is 14.5. The number of benzene rings is 3. The Morgan fingerprint density at radius 3 is 2.53 bits per heavy atom. The molecule has 3 aromatic rings. The number of carbonyl (C=O) groups is 2. The van der Waals surface area contributed by atoms with E-state index in [0.29, 0.717) is 45.5 Å². The molecule has 4 rings (SSSR count). The molecule has 1 aliphatic heterocycles. The predicted molar refractivity (Wildman–Crippen MR) is 113 cm³/mol. The maximum atomic E-state index is 12.8. The minimum Gasteiger partial charge on any atom is -0.497 e. The normalized spacial score (nSPS) is 12.2. The van der Waals surface area contributed by atoms with Gasteiger partial charge in [0, 0.05) is 18.8 Å². The van der Waals surface area contributed by atoms with Crippen LogP contribution in [0.5, 0.6) is 23.0 Å². The van der Waals surface area contributed by atoms with Crippen LogP contribution in [0.1, 0.15) is 20.7 Å². The molecule has 0 bridgehead atoms. The zero-order valence-electron chi connectivity index (χ0n) is 16.8. The van der Waals surface area contributed by atoms with Gasteiger partial charge in [0.25, 0.3) is 11.8 Å². The molecule has 1 N–H and O–H groups in total. The van der Waals surface area contributed by atoms with Crippen LogP contribution in [0.15, 0.2) is 60.7 Å². The number of hydrogen-bond acceptors (Lipinski definition) is 5. The van der Waals surface area contributed by atoms with E-state index in [4.69, 9.17) is 14.2 Å². The van der Waals surface area contributed by atoms with Crippen LogP contribution in [0.3, 0.4) is 0 Å². The van der Waals surface area contributed by atoms with Crippen molar-refractivity contribution in [3.63, 3.8) is 0 Å². The molecule has 1 aliphatic rings.